The SMILES string of the molecule is [2H]C([2H])([2H])C(O)CCCOCc1ccccc1. The molecule has 0 aliphatic carbocycles. The molecule has 0 spiro atoms. The van der Waals surface area contributed by atoms with E-state index in [2.05, 4.69) is 0 Å². The summed E-state index contributed by atoms with van der Waals surface area (Å²) in [7, 11) is 0. The third-order valence-corrected chi connectivity index (χ3v) is 1.88. The van der Waals surface area contributed by atoms with Gasteiger partial charge >= 0.3 is 0 Å². The van der Waals surface area contributed by atoms with E-state index in [0.29, 0.717) is 19.6 Å². The lowest BCUT2D eigenvalue weighted by Crippen LogP contribution is -2.02. The first-order valence-corrected chi connectivity index (χ1v) is 4.80. The van der Waals surface area contributed by atoms with Crippen LogP contribution in [0.3, 0.4) is 0 Å². The van der Waals surface area contributed by atoms with Crippen LogP contribution in [0.15, 0.2) is 30.3 Å². The Hall–Kier alpha value is -0.860. The summed E-state index contributed by atoms with van der Waals surface area (Å²) in [6, 6.07) is 9.76. The third-order valence-electron chi connectivity index (χ3n) is 1.88. The molecule has 0 saturated heterocycles. The van der Waals surface area contributed by atoms with E-state index in [1.54, 1.807) is 0 Å². The molecule has 0 radical (unpaired) electrons. The van der Waals surface area contributed by atoms with Gasteiger partial charge in [0.25, 0.3) is 0 Å². The van der Waals surface area contributed by atoms with Gasteiger partial charge in [0.2, 0.25) is 0 Å². The number of rotatable bonds is 6. The van der Waals surface area contributed by atoms with Gasteiger partial charge in [0.1, 0.15) is 0 Å². The molecular formula is C12H18O2. The molecule has 0 amide bonds. The van der Waals surface area contributed by atoms with Crippen molar-refractivity contribution in [3.05, 3.63) is 35.9 Å². The van der Waals surface area contributed by atoms with Gasteiger partial charge in [-0.25, -0.2) is 0 Å². The lowest BCUT2D eigenvalue weighted by Gasteiger charge is -2.05. The van der Waals surface area contributed by atoms with Crippen molar-refractivity contribution >= 4 is 0 Å². The Bertz CT molecular complexity index is 311. The van der Waals surface area contributed by atoms with E-state index in [1.165, 1.54) is 0 Å². The molecule has 0 bridgehead atoms. The minimum atomic E-state index is -2.28. The van der Waals surface area contributed by atoms with Crippen LogP contribution in [0.25, 0.3) is 0 Å². The Labute approximate surface area is 89.7 Å². The number of hydrogen-bond acceptors (Lipinski definition) is 2. The third kappa shape index (κ3) is 5.00. The minimum absolute atomic E-state index is 0.241. The van der Waals surface area contributed by atoms with Crippen LogP contribution >= 0.6 is 0 Å². The molecule has 0 fully saturated rings. The van der Waals surface area contributed by atoms with Crippen LogP contribution < -0.4 is 0 Å². The molecule has 1 aromatic rings. The molecule has 2 heteroatoms. The number of hydrogen-bond donors (Lipinski definition) is 1. The van der Waals surface area contributed by atoms with Crippen molar-refractivity contribution in [2.45, 2.75) is 32.4 Å². The van der Waals surface area contributed by atoms with Gasteiger partial charge in [-0.3, -0.25) is 0 Å². The zero-order valence-electron chi connectivity index (χ0n) is 11.1. The first-order valence-electron chi connectivity index (χ1n) is 6.30. The molecule has 78 valence electrons. The smallest absolute Gasteiger partial charge is 0.0716 e. The minimum Gasteiger partial charge on any atom is -0.393 e. The highest BCUT2D eigenvalue weighted by atomic mass is 16.5. The number of ether oxygens (including phenoxy) is 1. The number of benzene rings is 1. The Morgan fingerprint density at radius 2 is 2.21 bits per heavy atom. The summed E-state index contributed by atoms with van der Waals surface area (Å²) >= 11 is 0. The zero-order chi connectivity index (χ0) is 12.7. The molecule has 0 aromatic heterocycles. The molecule has 14 heavy (non-hydrogen) atoms. The van der Waals surface area contributed by atoms with Crippen molar-refractivity contribution in [2.75, 3.05) is 6.61 Å². The average molecular weight is 197 g/mol. The van der Waals surface area contributed by atoms with E-state index in [4.69, 9.17) is 8.85 Å². The van der Waals surface area contributed by atoms with Crippen molar-refractivity contribution in [1.29, 1.82) is 0 Å². The van der Waals surface area contributed by atoms with Crippen LogP contribution in [-0.2, 0) is 11.3 Å². The summed E-state index contributed by atoms with van der Waals surface area (Å²) in [4.78, 5) is 0. The van der Waals surface area contributed by atoms with Gasteiger partial charge in [0, 0.05) is 10.7 Å². The lowest BCUT2D eigenvalue weighted by molar-refractivity contribution is 0.101. The van der Waals surface area contributed by atoms with E-state index in [9.17, 15) is 5.11 Å². The van der Waals surface area contributed by atoms with Crippen molar-refractivity contribution in [3.63, 3.8) is 0 Å². The quantitative estimate of drug-likeness (QED) is 0.709. The summed E-state index contributed by atoms with van der Waals surface area (Å²) in [6.07, 6.45) is -0.458. The summed E-state index contributed by atoms with van der Waals surface area (Å²) in [6.45, 7) is -1.30. The van der Waals surface area contributed by atoms with Crippen molar-refractivity contribution in [3.8, 4) is 0 Å². The number of aliphatic hydroxyl groups excluding tert-OH is 1. The monoisotopic (exact) mass is 197 g/mol. The maximum atomic E-state index is 9.28. The molecule has 1 atom stereocenters. The Balaban J connectivity index is 2.09. The van der Waals surface area contributed by atoms with E-state index in [1.807, 2.05) is 30.3 Å². The van der Waals surface area contributed by atoms with E-state index in [0.717, 1.165) is 5.56 Å². The van der Waals surface area contributed by atoms with Crippen LogP contribution in [0.2, 0.25) is 0 Å². The largest absolute Gasteiger partial charge is 0.393 e. The second kappa shape index (κ2) is 6.57. The second-order valence-electron chi connectivity index (χ2n) is 3.20. The number of aliphatic hydroxyl groups is 1. The van der Waals surface area contributed by atoms with Crippen LogP contribution in [0, 0.1) is 0 Å². The summed E-state index contributed by atoms with van der Waals surface area (Å²) in [5, 5.41) is 9.28. The normalized spacial score (nSPS) is 16.8. The Morgan fingerprint density at radius 1 is 1.43 bits per heavy atom. The highest BCUT2D eigenvalue weighted by Gasteiger charge is 1.95. The maximum absolute atomic E-state index is 9.28. The Morgan fingerprint density at radius 3 is 2.93 bits per heavy atom. The molecule has 0 heterocycles. The van der Waals surface area contributed by atoms with Gasteiger partial charge < -0.3 is 9.84 Å². The molecule has 2 nitrogen and oxygen atoms in total. The Kier molecular flexibility index (Phi) is 3.49. The van der Waals surface area contributed by atoms with Crippen molar-refractivity contribution < 1.29 is 14.0 Å². The van der Waals surface area contributed by atoms with Gasteiger partial charge in [0.15, 0.2) is 0 Å². The molecule has 1 rings (SSSR count). The predicted octanol–water partition coefficient (Wildman–Crippen LogP) is 2.36. The lowest BCUT2D eigenvalue weighted by atomic mass is 10.2. The van der Waals surface area contributed by atoms with Crippen molar-refractivity contribution in [1.82, 2.24) is 0 Å². The summed E-state index contributed by atoms with van der Waals surface area (Å²) < 4.78 is 26.4. The first kappa shape index (κ1) is 7.43. The van der Waals surface area contributed by atoms with Crippen LogP contribution in [0.5, 0.6) is 0 Å². The molecule has 1 unspecified atom stereocenters. The van der Waals surface area contributed by atoms with Crippen LogP contribution in [-0.4, -0.2) is 17.8 Å². The topological polar surface area (TPSA) is 29.5 Å². The van der Waals surface area contributed by atoms with E-state index >= 15 is 0 Å². The molecule has 0 saturated carbocycles. The van der Waals surface area contributed by atoms with E-state index in [-0.39, 0.29) is 6.42 Å². The van der Waals surface area contributed by atoms with Gasteiger partial charge in [-0.2, -0.15) is 0 Å². The van der Waals surface area contributed by atoms with Gasteiger partial charge in [0.05, 0.1) is 12.7 Å². The summed E-state index contributed by atoms with van der Waals surface area (Å²) in [5.74, 6) is 0. The zero-order valence-corrected chi connectivity index (χ0v) is 8.15. The molecule has 0 aliphatic rings. The molecule has 0 aliphatic heterocycles. The maximum Gasteiger partial charge on any atom is 0.0716 e. The molecular weight excluding hydrogens is 176 g/mol. The highest BCUT2D eigenvalue weighted by molar-refractivity contribution is 5.13. The standard InChI is InChI=1S/C12H18O2/c1-11(13)6-5-9-14-10-12-7-3-2-4-8-12/h2-4,7-8,11,13H,5-6,9-10H2,1H3/i1D3. The first-order chi connectivity index (χ1) is 8.00. The fourth-order valence-electron chi connectivity index (χ4n) is 1.14. The van der Waals surface area contributed by atoms with E-state index < -0.39 is 13.0 Å². The van der Waals surface area contributed by atoms with Gasteiger partial charge in [-0.05, 0) is 25.3 Å². The van der Waals surface area contributed by atoms with Crippen LogP contribution in [0.4, 0.5) is 0 Å². The van der Waals surface area contributed by atoms with Crippen LogP contribution in [0.1, 0.15) is 29.4 Å². The second-order valence-corrected chi connectivity index (χ2v) is 3.20. The fraction of sp³-hybridized carbons (Fsp3) is 0.500. The predicted molar refractivity (Wildman–Crippen MR) is 57.0 cm³/mol. The fourth-order valence-corrected chi connectivity index (χ4v) is 1.14. The average Bonchev–Trinajstić information content (AvgIpc) is 2.28. The molecule has 1 N–H and O–H groups in total. The van der Waals surface area contributed by atoms with Crippen molar-refractivity contribution in [2.24, 2.45) is 0 Å². The molecule has 1 aromatic carbocycles. The van der Waals surface area contributed by atoms with Gasteiger partial charge in [-0.1, -0.05) is 30.3 Å². The summed E-state index contributed by atoms with van der Waals surface area (Å²) in [5.41, 5.74) is 1.09. The highest BCUT2D eigenvalue weighted by Crippen LogP contribution is 2.02. The van der Waals surface area contributed by atoms with Gasteiger partial charge in [-0.15, -0.1) is 0 Å².